The molecule has 0 aliphatic rings. The van der Waals surface area contributed by atoms with Gasteiger partial charge in [0.05, 0.1) is 0 Å². The molecule has 3 rings (SSSR count). The maximum atomic E-state index is 12.0. The number of rotatable bonds is 2. The summed E-state index contributed by atoms with van der Waals surface area (Å²) in [7, 11) is 0. The zero-order chi connectivity index (χ0) is 12.5. The number of thiophene rings is 2. The second-order valence-corrected chi connectivity index (χ2v) is 6.42. The first-order chi connectivity index (χ1) is 8.74. The molecule has 0 unspecified atom stereocenters. The lowest BCUT2D eigenvalue weighted by atomic mass is 10.2. The first-order valence-corrected chi connectivity index (χ1v) is 7.30. The molecule has 1 nitrogen and oxygen atoms in total. The first kappa shape index (κ1) is 11.5. The minimum Gasteiger partial charge on any atom is -0.871 e. The summed E-state index contributed by atoms with van der Waals surface area (Å²) in [5.41, 5.74) is 1.11. The summed E-state index contributed by atoms with van der Waals surface area (Å²) >= 11 is 3.25. The summed E-state index contributed by atoms with van der Waals surface area (Å²) in [5.74, 6) is 0.126. The van der Waals surface area contributed by atoms with Gasteiger partial charge in [0.15, 0.2) is 0 Å². The largest absolute Gasteiger partial charge is 0.871 e. The molecule has 3 aromatic rings. The Bertz CT molecular complexity index is 665. The molecule has 1 aromatic carbocycles. The van der Waals surface area contributed by atoms with E-state index in [0.717, 1.165) is 20.2 Å². The highest BCUT2D eigenvalue weighted by molar-refractivity contribution is 7.24. The number of benzene rings is 1. The van der Waals surface area contributed by atoms with Gasteiger partial charge in [-0.25, -0.2) is 0 Å². The Morgan fingerprint density at radius 1 is 0.889 bits per heavy atom. The normalized spacial score (nSPS) is 10.7. The molecular formula is C15H11OS2-. The second kappa shape index (κ2) is 4.59. The molecule has 0 N–H and O–H groups in total. The predicted molar refractivity (Wildman–Crippen MR) is 77.3 cm³/mol. The maximum absolute atomic E-state index is 12.0. The van der Waals surface area contributed by atoms with Gasteiger partial charge in [-0.05, 0) is 24.6 Å². The summed E-state index contributed by atoms with van der Waals surface area (Å²) in [6.45, 7) is 2.06. The summed E-state index contributed by atoms with van der Waals surface area (Å²) in [5, 5.41) is 12.0. The van der Waals surface area contributed by atoms with E-state index >= 15 is 0 Å². The molecule has 3 heteroatoms. The van der Waals surface area contributed by atoms with E-state index in [9.17, 15) is 5.11 Å². The lowest BCUT2D eigenvalue weighted by molar-refractivity contribution is -0.266. The van der Waals surface area contributed by atoms with Crippen molar-refractivity contribution < 1.29 is 5.11 Å². The molecule has 0 bridgehead atoms. The summed E-state index contributed by atoms with van der Waals surface area (Å²) in [6.07, 6.45) is 0. The Morgan fingerprint density at radius 2 is 1.67 bits per heavy atom. The quantitative estimate of drug-likeness (QED) is 0.671. The average molecular weight is 271 g/mol. The van der Waals surface area contributed by atoms with Crippen LogP contribution in [0.25, 0.3) is 20.2 Å². The van der Waals surface area contributed by atoms with Crippen molar-refractivity contribution in [2.45, 2.75) is 6.92 Å². The fourth-order valence-corrected chi connectivity index (χ4v) is 3.88. The first-order valence-electron chi connectivity index (χ1n) is 5.67. The van der Waals surface area contributed by atoms with E-state index in [-0.39, 0.29) is 5.75 Å². The standard InChI is InChI=1S/C15H12OS2/c1-10-7-8-13(17-10)15-12(16)9-14(18-15)11-5-3-2-4-6-11/h2-9,16H,1H3/p-1. The van der Waals surface area contributed by atoms with Gasteiger partial charge in [0.1, 0.15) is 0 Å². The summed E-state index contributed by atoms with van der Waals surface area (Å²) in [6, 6.07) is 15.9. The Labute approximate surface area is 114 Å². The van der Waals surface area contributed by atoms with Gasteiger partial charge in [0.2, 0.25) is 0 Å². The highest BCUT2D eigenvalue weighted by Gasteiger charge is 2.08. The Kier molecular flexibility index (Phi) is 2.94. The molecule has 0 spiro atoms. The van der Waals surface area contributed by atoms with Crippen LogP contribution in [-0.4, -0.2) is 0 Å². The van der Waals surface area contributed by atoms with Crippen LogP contribution in [0.2, 0.25) is 0 Å². The van der Waals surface area contributed by atoms with Crippen molar-refractivity contribution >= 4 is 22.7 Å². The minimum absolute atomic E-state index is 0.126. The molecule has 18 heavy (non-hydrogen) atoms. The van der Waals surface area contributed by atoms with Gasteiger partial charge in [-0.1, -0.05) is 42.1 Å². The van der Waals surface area contributed by atoms with E-state index in [0.29, 0.717) is 0 Å². The topological polar surface area (TPSA) is 23.1 Å². The Balaban J connectivity index is 2.06. The Morgan fingerprint density at radius 3 is 2.33 bits per heavy atom. The van der Waals surface area contributed by atoms with Crippen LogP contribution in [0.4, 0.5) is 0 Å². The number of aryl methyl sites for hydroxylation is 1. The molecule has 0 radical (unpaired) electrons. The van der Waals surface area contributed by atoms with E-state index in [1.54, 1.807) is 28.7 Å². The van der Waals surface area contributed by atoms with Crippen LogP contribution in [0, 0.1) is 6.92 Å². The zero-order valence-corrected chi connectivity index (χ0v) is 11.5. The average Bonchev–Trinajstić information content (AvgIpc) is 2.97. The smallest absolute Gasteiger partial charge is 0.0439 e. The predicted octanol–water partition coefficient (Wildman–Crippen LogP) is 4.53. The number of hydrogen-bond donors (Lipinski definition) is 0. The third kappa shape index (κ3) is 2.07. The van der Waals surface area contributed by atoms with Crippen LogP contribution in [-0.2, 0) is 0 Å². The van der Waals surface area contributed by atoms with Gasteiger partial charge in [-0.3, -0.25) is 0 Å². The van der Waals surface area contributed by atoms with Crippen LogP contribution in [0.5, 0.6) is 5.75 Å². The van der Waals surface area contributed by atoms with Crippen molar-refractivity contribution in [1.82, 2.24) is 0 Å². The van der Waals surface area contributed by atoms with Crippen LogP contribution >= 0.6 is 22.7 Å². The Hall–Kier alpha value is -1.58. The highest BCUT2D eigenvalue weighted by atomic mass is 32.1. The third-order valence-electron chi connectivity index (χ3n) is 2.72. The molecule has 0 aliphatic carbocycles. The minimum atomic E-state index is 0.126. The van der Waals surface area contributed by atoms with Gasteiger partial charge in [0, 0.05) is 19.5 Å². The van der Waals surface area contributed by atoms with E-state index in [4.69, 9.17) is 0 Å². The van der Waals surface area contributed by atoms with Crippen LogP contribution in [0.15, 0.2) is 48.5 Å². The molecule has 0 atom stereocenters. The SMILES string of the molecule is Cc1ccc(-c2sc(-c3ccccc3)cc2[O-])s1. The molecular weight excluding hydrogens is 260 g/mol. The van der Waals surface area contributed by atoms with E-state index in [1.807, 2.05) is 36.4 Å². The van der Waals surface area contributed by atoms with Crippen molar-refractivity contribution in [1.29, 1.82) is 0 Å². The fourth-order valence-electron chi connectivity index (χ4n) is 1.85. The molecule has 0 fully saturated rings. The molecule has 0 aliphatic heterocycles. The molecule has 0 saturated heterocycles. The van der Waals surface area contributed by atoms with Crippen LogP contribution < -0.4 is 5.11 Å². The van der Waals surface area contributed by atoms with Crippen molar-refractivity contribution in [2.24, 2.45) is 0 Å². The molecule has 0 amide bonds. The van der Waals surface area contributed by atoms with Gasteiger partial charge >= 0.3 is 0 Å². The van der Waals surface area contributed by atoms with Crippen LogP contribution in [0.3, 0.4) is 0 Å². The molecule has 90 valence electrons. The number of hydrogen-bond acceptors (Lipinski definition) is 3. The molecule has 0 saturated carbocycles. The van der Waals surface area contributed by atoms with Gasteiger partial charge in [-0.15, -0.1) is 22.7 Å². The van der Waals surface area contributed by atoms with Gasteiger partial charge < -0.3 is 5.11 Å². The molecule has 2 heterocycles. The van der Waals surface area contributed by atoms with Gasteiger partial charge in [-0.2, -0.15) is 0 Å². The van der Waals surface area contributed by atoms with Gasteiger partial charge in [0.25, 0.3) is 0 Å². The monoisotopic (exact) mass is 271 g/mol. The second-order valence-electron chi connectivity index (χ2n) is 4.08. The zero-order valence-electron chi connectivity index (χ0n) is 9.84. The lowest BCUT2D eigenvalue weighted by Gasteiger charge is -2.02. The molecule has 2 aromatic heterocycles. The summed E-state index contributed by atoms with van der Waals surface area (Å²) < 4.78 is 0. The lowest BCUT2D eigenvalue weighted by Crippen LogP contribution is -1.86. The highest BCUT2D eigenvalue weighted by Crippen LogP contribution is 2.43. The van der Waals surface area contributed by atoms with Crippen molar-refractivity contribution in [3.63, 3.8) is 0 Å². The van der Waals surface area contributed by atoms with E-state index in [1.165, 1.54) is 4.88 Å². The maximum Gasteiger partial charge on any atom is 0.0439 e. The van der Waals surface area contributed by atoms with Crippen molar-refractivity contribution in [2.75, 3.05) is 0 Å². The fraction of sp³-hybridized carbons (Fsp3) is 0.0667. The third-order valence-corrected chi connectivity index (χ3v) is 5.07. The van der Waals surface area contributed by atoms with Crippen molar-refractivity contribution in [3.05, 3.63) is 53.4 Å². The van der Waals surface area contributed by atoms with E-state index in [2.05, 4.69) is 13.0 Å². The van der Waals surface area contributed by atoms with Crippen molar-refractivity contribution in [3.8, 4) is 25.9 Å². The summed E-state index contributed by atoms with van der Waals surface area (Å²) in [4.78, 5) is 4.21. The van der Waals surface area contributed by atoms with Crippen LogP contribution in [0.1, 0.15) is 4.88 Å². The van der Waals surface area contributed by atoms with E-state index < -0.39 is 0 Å².